The van der Waals surface area contributed by atoms with E-state index in [0.717, 1.165) is 31.5 Å². The highest BCUT2D eigenvalue weighted by Gasteiger charge is 2.24. The zero-order valence-corrected chi connectivity index (χ0v) is 12.9. The number of anilines is 1. The highest BCUT2D eigenvalue weighted by Crippen LogP contribution is 2.28. The first kappa shape index (κ1) is 15.0. The Bertz CT molecular complexity index is 486. The van der Waals surface area contributed by atoms with Crippen LogP contribution in [0.5, 0.6) is 0 Å². The monoisotopic (exact) mass is 296 g/mol. The summed E-state index contributed by atoms with van der Waals surface area (Å²) in [6, 6.07) is -0.309. The molecule has 0 spiro atoms. The zero-order chi connectivity index (χ0) is 14.7. The number of rotatable bonds is 4. The van der Waals surface area contributed by atoms with Crippen LogP contribution in [0.2, 0.25) is 5.15 Å². The van der Waals surface area contributed by atoms with E-state index in [2.05, 4.69) is 15.3 Å². The van der Waals surface area contributed by atoms with Gasteiger partial charge in [0, 0.05) is 18.7 Å². The highest BCUT2D eigenvalue weighted by molar-refractivity contribution is 6.30. The lowest BCUT2D eigenvalue weighted by Gasteiger charge is -2.23. The van der Waals surface area contributed by atoms with Crippen LogP contribution in [0.25, 0.3) is 0 Å². The van der Waals surface area contributed by atoms with Gasteiger partial charge in [-0.1, -0.05) is 25.4 Å². The average molecular weight is 297 g/mol. The van der Waals surface area contributed by atoms with Crippen molar-refractivity contribution < 1.29 is 4.79 Å². The molecular weight excluding hydrogens is 276 g/mol. The van der Waals surface area contributed by atoms with E-state index < -0.39 is 0 Å². The molecule has 1 amide bonds. The van der Waals surface area contributed by atoms with E-state index in [4.69, 9.17) is 11.6 Å². The van der Waals surface area contributed by atoms with Crippen molar-refractivity contribution in [3.63, 3.8) is 0 Å². The van der Waals surface area contributed by atoms with Crippen LogP contribution >= 0.6 is 11.6 Å². The lowest BCUT2D eigenvalue weighted by Crippen LogP contribution is -2.40. The first-order valence-corrected chi connectivity index (χ1v) is 7.44. The first-order chi connectivity index (χ1) is 9.50. The van der Waals surface area contributed by atoms with Crippen LogP contribution in [0.1, 0.15) is 45.1 Å². The van der Waals surface area contributed by atoms with Gasteiger partial charge in [0.15, 0.2) is 0 Å². The fourth-order valence-electron chi connectivity index (χ4n) is 2.48. The van der Waals surface area contributed by atoms with E-state index in [1.165, 1.54) is 6.33 Å². The van der Waals surface area contributed by atoms with Gasteiger partial charge in [0.2, 0.25) is 5.91 Å². The summed E-state index contributed by atoms with van der Waals surface area (Å²) < 4.78 is 0. The first-order valence-electron chi connectivity index (χ1n) is 7.06. The van der Waals surface area contributed by atoms with Crippen molar-refractivity contribution in [2.45, 2.75) is 45.6 Å². The van der Waals surface area contributed by atoms with Crippen LogP contribution in [0.3, 0.4) is 0 Å². The van der Waals surface area contributed by atoms with Crippen LogP contribution in [0.15, 0.2) is 6.33 Å². The minimum Gasteiger partial charge on any atom is -0.358 e. The highest BCUT2D eigenvalue weighted by atomic mass is 35.5. The maximum Gasteiger partial charge on any atom is 0.244 e. The Hall–Kier alpha value is -1.36. The Kier molecular flexibility index (Phi) is 4.81. The number of likely N-dealkylation sites (tertiary alicyclic amines) is 1. The van der Waals surface area contributed by atoms with Gasteiger partial charge in [-0.25, -0.2) is 9.97 Å². The molecular formula is C14H21ClN4O. The molecule has 110 valence electrons. The van der Waals surface area contributed by atoms with Gasteiger partial charge >= 0.3 is 0 Å². The van der Waals surface area contributed by atoms with Crippen molar-refractivity contribution in [2.75, 3.05) is 18.4 Å². The number of nitrogens with one attached hydrogen (secondary N) is 1. The van der Waals surface area contributed by atoms with Crippen LogP contribution in [-0.4, -0.2) is 39.9 Å². The molecule has 1 fully saturated rings. The van der Waals surface area contributed by atoms with Crippen molar-refractivity contribution >= 4 is 23.3 Å². The predicted molar refractivity (Wildman–Crippen MR) is 80.0 cm³/mol. The Balaban J connectivity index is 2.13. The molecule has 1 aromatic heterocycles. The number of amides is 1. The number of hydrogen-bond acceptors (Lipinski definition) is 4. The van der Waals surface area contributed by atoms with E-state index in [0.29, 0.717) is 11.0 Å². The van der Waals surface area contributed by atoms with Gasteiger partial charge in [-0.05, 0) is 25.7 Å². The molecule has 0 bridgehead atoms. The fourth-order valence-corrected chi connectivity index (χ4v) is 2.83. The van der Waals surface area contributed by atoms with Crippen molar-refractivity contribution in [3.8, 4) is 0 Å². The third kappa shape index (κ3) is 3.20. The van der Waals surface area contributed by atoms with Gasteiger partial charge in [0.1, 0.15) is 23.3 Å². The molecule has 6 heteroatoms. The molecule has 1 aromatic rings. The summed E-state index contributed by atoms with van der Waals surface area (Å²) in [6.07, 6.45) is 3.60. The maximum absolute atomic E-state index is 12.3. The van der Waals surface area contributed by atoms with Crippen molar-refractivity contribution in [1.82, 2.24) is 14.9 Å². The molecule has 0 aromatic carbocycles. The second kappa shape index (κ2) is 6.39. The molecule has 2 heterocycles. The Labute approximate surface area is 124 Å². The summed E-state index contributed by atoms with van der Waals surface area (Å²) in [5.74, 6) is 0.965. The summed E-state index contributed by atoms with van der Waals surface area (Å²) in [5.41, 5.74) is 0.857. The average Bonchev–Trinajstić information content (AvgIpc) is 2.91. The molecule has 1 saturated heterocycles. The number of hydrogen-bond donors (Lipinski definition) is 1. The van der Waals surface area contributed by atoms with E-state index in [-0.39, 0.29) is 17.9 Å². The smallest absolute Gasteiger partial charge is 0.244 e. The molecule has 20 heavy (non-hydrogen) atoms. The van der Waals surface area contributed by atoms with Gasteiger partial charge in [-0.2, -0.15) is 0 Å². The van der Waals surface area contributed by atoms with E-state index >= 15 is 0 Å². The third-order valence-corrected chi connectivity index (χ3v) is 3.86. The lowest BCUT2D eigenvalue weighted by molar-refractivity contribution is -0.130. The standard InChI is InChI=1S/C14H21ClN4O/c1-9(2)11-12(15)16-8-17-13(11)18-10(3)14(20)19-6-4-5-7-19/h8-10H,4-7H2,1-3H3,(H,16,17,18). The van der Waals surface area contributed by atoms with Gasteiger partial charge in [-0.15, -0.1) is 0 Å². The van der Waals surface area contributed by atoms with E-state index in [9.17, 15) is 4.79 Å². The molecule has 2 rings (SSSR count). The molecule has 0 aliphatic carbocycles. The van der Waals surface area contributed by atoms with Crippen molar-refractivity contribution in [3.05, 3.63) is 17.0 Å². The predicted octanol–water partition coefficient (Wildman–Crippen LogP) is 2.68. The van der Waals surface area contributed by atoms with Crippen LogP contribution < -0.4 is 5.32 Å². The SMILES string of the molecule is CC(Nc1ncnc(Cl)c1C(C)C)C(=O)N1CCCC1. The molecule has 1 aliphatic rings. The molecule has 1 unspecified atom stereocenters. The number of halogens is 1. The van der Waals surface area contributed by atoms with Crippen LogP contribution in [-0.2, 0) is 4.79 Å². The molecule has 0 saturated carbocycles. The van der Waals surface area contributed by atoms with Gasteiger partial charge < -0.3 is 10.2 Å². The number of aromatic nitrogens is 2. The van der Waals surface area contributed by atoms with E-state index in [1.54, 1.807) is 0 Å². The largest absolute Gasteiger partial charge is 0.358 e. The summed E-state index contributed by atoms with van der Waals surface area (Å²) >= 11 is 6.13. The number of carbonyl (C=O) groups excluding carboxylic acids is 1. The van der Waals surface area contributed by atoms with Crippen molar-refractivity contribution in [1.29, 1.82) is 0 Å². The third-order valence-electron chi connectivity index (χ3n) is 3.55. The summed E-state index contributed by atoms with van der Waals surface area (Å²) in [6.45, 7) is 7.63. The minimum absolute atomic E-state index is 0.118. The van der Waals surface area contributed by atoms with Crippen LogP contribution in [0.4, 0.5) is 5.82 Å². The fraction of sp³-hybridized carbons (Fsp3) is 0.643. The van der Waals surface area contributed by atoms with Gasteiger partial charge in [0.05, 0.1) is 0 Å². The van der Waals surface area contributed by atoms with Gasteiger partial charge in [0.25, 0.3) is 0 Å². The minimum atomic E-state index is -0.309. The summed E-state index contributed by atoms with van der Waals surface area (Å²) in [7, 11) is 0. The molecule has 1 atom stereocenters. The normalized spacial score (nSPS) is 16.6. The maximum atomic E-state index is 12.3. The topological polar surface area (TPSA) is 58.1 Å². The molecule has 5 nitrogen and oxygen atoms in total. The zero-order valence-electron chi connectivity index (χ0n) is 12.2. The second-order valence-corrected chi connectivity index (χ2v) is 5.84. The second-order valence-electron chi connectivity index (χ2n) is 5.48. The van der Waals surface area contributed by atoms with E-state index in [1.807, 2.05) is 25.7 Å². The van der Waals surface area contributed by atoms with Crippen LogP contribution in [0, 0.1) is 0 Å². The molecule has 1 N–H and O–H groups in total. The van der Waals surface area contributed by atoms with Gasteiger partial charge in [-0.3, -0.25) is 4.79 Å². The number of carbonyl (C=O) groups is 1. The number of nitrogens with zero attached hydrogens (tertiary/aromatic N) is 3. The van der Waals surface area contributed by atoms with Crippen molar-refractivity contribution in [2.24, 2.45) is 0 Å². The Morgan fingerprint density at radius 2 is 1.95 bits per heavy atom. The lowest BCUT2D eigenvalue weighted by atomic mass is 10.1. The quantitative estimate of drug-likeness (QED) is 0.868. The molecule has 0 radical (unpaired) electrons. The molecule has 1 aliphatic heterocycles. The summed E-state index contributed by atoms with van der Waals surface area (Å²) in [4.78, 5) is 22.4. The summed E-state index contributed by atoms with van der Waals surface area (Å²) in [5, 5.41) is 3.63. The Morgan fingerprint density at radius 1 is 1.30 bits per heavy atom. The Morgan fingerprint density at radius 3 is 2.55 bits per heavy atom.